The van der Waals surface area contributed by atoms with Crippen molar-refractivity contribution in [2.75, 3.05) is 0 Å². The van der Waals surface area contributed by atoms with Gasteiger partial charge in [-0.25, -0.2) is 29.9 Å². The molecule has 0 aliphatic carbocycles. The predicted molar refractivity (Wildman–Crippen MR) is 135 cm³/mol. The first kappa shape index (κ1) is 21.1. The number of imidazole rings is 2. The third kappa shape index (κ3) is 3.54. The van der Waals surface area contributed by atoms with Crippen LogP contribution in [0.3, 0.4) is 0 Å². The fourth-order valence-corrected chi connectivity index (χ4v) is 4.38. The highest BCUT2D eigenvalue weighted by molar-refractivity contribution is 5.73. The van der Waals surface area contributed by atoms with Crippen LogP contribution in [0.15, 0.2) is 73.6 Å². The van der Waals surface area contributed by atoms with Crippen LogP contribution in [0.25, 0.3) is 34.0 Å². The van der Waals surface area contributed by atoms with E-state index in [9.17, 15) is 0 Å². The van der Waals surface area contributed by atoms with E-state index in [0.717, 1.165) is 45.2 Å². The van der Waals surface area contributed by atoms with Crippen molar-refractivity contribution in [2.24, 2.45) is 0 Å². The molecule has 0 spiro atoms. The summed E-state index contributed by atoms with van der Waals surface area (Å²) in [6.07, 6.45) is 7.05. The number of nitrogens with zero attached hydrogens (tertiary/aromatic N) is 8. The van der Waals surface area contributed by atoms with Gasteiger partial charge in [0.1, 0.15) is 24.3 Å². The van der Waals surface area contributed by atoms with Crippen molar-refractivity contribution < 1.29 is 0 Å². The molecular formula is C27H24N8. The van der Waals surface area contributed by atoms with Gasteiger partial charge in [0.05, 0.1) is 22.4 Å². The minimum Gasteiger partial charge on any atom is -0.281 e. The number of pyridine rings is 4. The summed E-state index contributed by atoms with van der Waals surface area (Å²) in [6.45, 7) is 8.49. The molecule has 0 bridgehead atoms. The van der Waals surface area contributed by atoms with E-state index in [1.165, 1.54) is 0 Å². The number of aryl methyl sites for hydroxylation is 2. The van der Waals surface area contributed by atoms with Crippen LogP contribution in [0.5, 0.6) is 0 Å². The number of rotatable bonds is 4. The molecule has 0 saturated heterocycles. The average Bonchev–Trinajstić information content (AvgIpc) is 3.48. The summed E-state index contributed by atoms with van der Waals surface area (Å²) in [5.41, 5.74) is 6.87. The Kier molecular flexibility index (Phi) is 4.70. The van der Waals surface area contributed by atoms with E-state index in [-0.39, 0.29) is 0 Å². The Morgan fingerprint density at radius 2 is 1.09 bits per heavy atom. The summed E-state index contributed by atoms with van der Waals surface area (Å²) < 4.78 is 3.96. The maximum Gasteiger partial charge on any atom is 0.177 e. The van der Waals surface area contributed by atoms with Gasteiger partial charge in [-0.1, -0.05) is 0 Å². The lowest BCUT2D eigenvalue weighted by Gasteiger charge is -2.26. The van der Waals surface area contributed by atoms with E-state index in [1.54, 1.807) is 25.0 Å². The molecule has 0 aromatic carbocycles. The lowest BCUT2D eigenvalue weighted by Crippen LogP contribution is -2.24. The quantitative estimate of drug-likeness (QED) is 0.372. The van der Waals surface area contributed by atoms with Crippen LogP contribution in [-0.4, -0.2) is 39.0 Å². The van der Waals surface area contributed by atoms with Gasteiger partial charge in [-0.15, -0.1) is 0 Å². The highest BCUT2D eigenvalue weighted by atomic mass is 15.1. The molecule has 0 atom stereocenters. The van der Waals surface area contributed by atoms with E-state index in [2.05, 4.69) is 71.9 Å². The Morgan fingerprint density at radius 1 is 0.629 bits per heavy atom. The van der Waals surface area contributed by atoms with Crippen LogP contribution in [0.4, 0.5) is 0 Å². The van der Waals surface area contributed by atoms with Gasteiger partial charge in [-0.05, 0) is 87.4 Å². The Morgan fingerprint density at radius 3 is 1.54 bits per heavy atom. The zero-order chi connectivity index (χ0) is 24.2. The van der Waals surface area contributed by atoms with Gasteiger partial charge in [0.25, 0.3) is 0 Å². The molecule has 0 saturated carbocycles. The molecule has 0 fully saturated rings. The molecule has 0 unspecified atom stereocenters. The Bertz CT molecular complexity index is 1580. The lowest BCUT2D eigenvalue weighted by molar-refractivity contribution is 0.590. The highest BCUT2D eigenvalue weighted by Crippen LogP contribution is 2.32. The molecule has 6 aromatic rings. The number of aromatic nitrogens is 8. The van der Waals surface area contributed by atoms with Gasteiger partial charge in [0, 0.05) is 17.8 Å². The Labute approximate surface area is 202 Å². The summed E-state index contributed by atoms with van der Waals surface area (Å²) in [4.78, 5) is 27.7. The zero-order valence-corrected chi connectivity index (χ0v) is 20.0. The Balaban J connectivity index is 1.48. The summed E-state index contributed by atoms with van der Waals surface area (Å²) in [6, 6.07) is 16.2. The summed E-state index contributed by atoms with van der Waals surface area (Å²) >= 11 is 0. The third-order valence-corrected chi connectivity index (χ3v) is 6.33. The van der Waals surface area contributed by atoms with E-state index in [4.69, 9.17) is 9.97 Å². The molecule has 6 heterocycles. The number of hydrogen-bond acceptors (Lipinski definition) is 6. The predicted octanol–water partition coefficient (Wildman–Crippen LogP) is 4.89. The van der Waals surface area contributed by atoms with E-state index in [0.29, 0.717) is 11.3 Å². The second kappa shape index (κ2) is 7.80. The fourth-order valence-electron chi connectivity index (χ4n) is 4.38. The van der Waals surface area contributed by atoms with Crippen molar-refractivity contribution >= 4 is 22.3 Å². The third-order valence-electron chi connectivity index (χ3n) is 6.33. The topological polar surface area (TPSA) is 87.2 Å². The zero-order valence-electron chi connectivity index (χ0n) is 20.0. The molecule has 35 heavy (non-hydrogen) atoms. The molecule has 8 nitrogen and oxygen atoms in total. The average molecular weight is 461 g/mol. The maximum absolute atomic E-state index is 5.07. The molecule has 0 N–H and O–H groups in total. The van der Waals surface area contributed by atoms with Crippen LogP contribution in [0.1, 0.15) is 36.4 Å². The second-order valence-corrected chi connectivity index (χ2v) is 9.32. The first-order chi connectivity index (χ1) is 16.9. The molecule has 8 heteroatoms. The number of fused-ring (bicyclic) bond motifs is 2. The fraction of sp³-hybridized carbons (Fsp3) is 0.185. The summed E-state index contributed by atoms with van der Waals surface area (Å²) in [7, 11) is 0. The largest absolute Gasteiger partial charge is 0.281 e. The van der Waals surface area contributed by atoms with Gasteiger partial charge in [0.15, 0.2) is 11.3 Å². The minimum atomic E-state index is -0.454. The van der Waals surface area contributed by atoms with Crippen molar-refractivity contribution in [2.45, 2.75) is 33.1 Å². The van der Waals surface area contributed by atoms with Gasteiger partial charge in [-0.2, -0.15) is 0 Å². The molecule has 0 aliphatic rings. The SMILES string of the molecule is Cc1cc(-n2cnc3ncccc32)nc(C(C)(C)c2cc(C)cc(-n3cnc4ncccc43)n2)c1. The van der Waals surface area contributed by atoms with E-state index in [1.807, 2.05) is 33.4 Å². The lowest BCUT2D eigenvalue weighted by atomic mass is 9.83. The minimum absolute atomic E-state index is 0.454. The van der Waals surface area contributed by atoms with Gasteiger partial charge >= 0.3 is 0 Å². The molecule has 6 aromatic heterocycles. The van der Waals surface area contributed by atoms with Crippen LogP contribution >= 0.6 is 0 Å². The highest BCUT2D eigenvalue weighted by Gasteiger charge is 2.28. The van der Waals surface area contributed by atoms with Crippen LogP contribution in [-0.2, 0) is 5.41 Å². The molecule has 6 rings (SSSR count). The van der Waals surface area contributed by atoms with Crippen molar-refractivity contribution in [3.05, 3.63) is 96.1 Å². The molecular weight excluding hydrogens is 436 g/mol. The van der Waals surface area contributed by atoms with Crippen LogP contribution in [0, 0.1) is 13.8 Å². The molecule has 0 radical (unpaired) electrons. The maximum atomic E-state index is 5.07. The van der Waals surface area contributed by atoms with Crippen molar-refractivity contribution in [1.82, 2.24) is 39.0 Å². The van der Waals surface area contributed by atoms with Crippen molar-refractivity contribution in [3.63, 3.8) is 0 Å². The van der Waals surface area contributed by atoms with Gasteiger partial charge in [0.2, 0.25) is 0 Å². The molecule has 172 valence electrons. The van der Waals surface area contributed by atoms with E-state index < -0.39 is 5.41 Å². The van der Waals surface area contributed by atoms with Gasteiger partial charge < -0.3 is 0 Å². The Hall–Kier alpha value is -4.46. The first-order valence-corrected chi connectivity index (χ1v) is 11.5. The number of hydrogen-bond donors (Lipinski definition) is 0. The standard InChI is InChI=1S/C27H24N8/c1-17-11-21(32-23(13-17)34-15-30-25-19(34)7-5-9-28-25)27(3,4)22-12-18(2)14-24(33-22)35-16-31-26-20(35)8-6-10-29-26/h5-16H,1-4H3. The second-order valence-electron chi connectivity index (χ2n) is 9.32. The smallest absolute Gasteiger partial charge is 0.177 e. The van der Waals surface area contributed by atoms with E-state index >= 15 is 0 Å². The van der Waals surface area contributed by atoms with Crippen molar-refractivity contribution in [1.29, 1.82) is 0 Å². The summed E-state index contributed by atoms with van der Waals surface area (Å²) in [5.74, 6) is 1.62. The van der Waals surface area contributed by atoms with Crippen molar-refractivity contribution in [3.8, 4) is 11.6 Å². The first-order valence-electron chi connectivity index (χ1n) is 11.5. The molecule has 0 aliphatic heterocycles. The summed E-state index contributed by atoms with van der Waals surface area (Å²) in [5, 5.41) is 0. The van der Waals surface area contributed by atoms with Crippen LogP contribution in [0.2, 0.25) is 0 Å². The monoisotopic (exact) mass is 460 g/mol. The molecule has 0 amide bonds. The van der Waals surface area contributed by atoms with Crippen LogP contribution < -0.4 is 0 Å². The van der Waals surface area contributed by atoms with Gasteiger partial charge in [-0.3, -0.25) is 9.13 Å². The normalized spacial score (nSPS) is 12.0.